The van der Waals surface area contributed by atoms with Crippen molar-refractivity contribution in [3.8, 4) is 0 Å². The van der Waals surface area contributed by atoms with Gasteiger partial charge in [0, 0.05) is 12.1 Å². The molecule has 1 nitrogen and oxygen atoms in total. The van der Waals surface area contributed by atoms with E-state index in [9.17, 15) is 0 Å². The third-order valence-corrected chi connectivity index (χ3v) is 2.43. The van der Waals surface area contributed by atoms with Crippen LogP contribution in [0.25, 0.3) is 0 Å². The highest BCUT2D eigenvalue weighted by atomic mass is 14.9. The fourth-order valence-corrected chi connectivity index (χ4v) is 1.52. The molecular weight excluding hydrogens is 170 g/mol. The van der Waals surface area contributed by atoms with Gasteiger partial charge in [0.05, 0.1) is 0 Å². The van der Waals surface area contributed by atoms with Crippen molar-refractivity contribution in [2.75, 3.05) is 0 Å². The molecule has 0 saturated carbocycles. The second kappa shape index (κ2) is 5.61. The van der Waals surface area contributed by atoms with Crippen molar-refractivity contribution in [2.45, 2.75) is 32.4 Å². The van der Waals surface area contributed by atoms with Gasteiger partial charge in [-0.05, 0) is 18.9 Å². The lowest BCUT2D eigenvalue weighted by atomic mass is 10.0. The smallest absolute Gasteiger partial charge is 0.0322 e. The van der Waals surface area contributed by atoms with Crippen LogP contribution in [0.3, 0.4) is 0 Å². The molecule has 1 heteroatoms. The fraction of sp³-hybridized carbons (Fsp3) is 0.385. The number of nitrogens with one attached hydrogen (secondary N) is 1. The van der Waals surface area contributed by atoms with E-state index in [1.807, 2.05) is 12.1 Å². The molecule has 0 saturated heterocycles. The van der Waals surface area contributed by atoms with Crippen molar-refractivity contribution < 1.29 is 0 Å². The first-order valence-electron chi connectivity index (χ1n) is 5.21. The summed E-state index contributed by atoms with van der Waals surface area (Å²) >= 11 is 0. The molecule has 0 aliphatic rings. The summed E-state index contributed by atoms with van der Waals surface area (Å²) in [5.41, 5.74) is 1.35. The Morgan fingerprint density at radius 1 is 1.36 bits per heavy atom. The largest absolute Gasteiger partial charge is 0.304 e. The molecule has 1 aromatic carbocycles. The molecule has 0 aliphatic carbocycles. The van der Waals surface area contributed by atoms with Gasteiger partial charge in [-0.25, -0.2) is 0 Å². The molecular formula is C13H19N. The van der Waals surface area contributed by atoms with Gasteiger partial charge in [0.2, 0.25) is 0 Å². The van der Waals surface area contributed by atoms with Gasteiger partial charge >= 0.3 is 0 Å². The number of hydrogen-bond donors (Lipinski definition) is 1. The summed E-state index contributed by atoms with van der Waals surface area (Å²) in [4.78, 5) is 0. The quantitative estimate of drug-likeness (QED) is 0.701. The van der Waals surface area contributed by atoms with Crippen LogP contribution in [0.4, 0.5) is 0 Å². The van der Waals surface area contributed by atoms with E-state index in [0.29, 0.717) is 12.1 Å². The third-order valence-electron chi connectivity index (χ3n) is 2.43. The van der Waals surface area contributed by atoms with Crippen LogP contribution in [0.2, 0.25) is 0 Å². The van der Waals surface area contributed by atoms with Gasteiger partial charge < -0.3 is 5.32 Å². The summed E-state index contributed by atoms with van der Waals surface area (Å²) in [6.07, 6.45) is 3.04. The van der Waals surface area contributed by atoms with E-state index >= 15 is 0 Å². The molecule has 76 valence electrons. The molecule has 0 bridgehead atoms. The molecule has 2 unspecified atom stereocenters. The monoisotopic (exact) mass is 189 g/mol. The average Bonchev–Trinajstić information content (AvgIpc) is 2.26. The number of benzene rings is 1. The molecule has 0 aromatic heterocycles. The lowest BCUT2D eigenvalue weighted by molar-refractivity contribution is 0.490. The second-order valence-corrected chi connectivity index (χ2v) is 3.56. The predicted octanol–water partition coefficient (Wildman–Crippen LogP) is 3.30. The van der Waals surface area contributed by atoms with Crippen LogP contribution < -0.4 is 5.32 Å². The summed E-state index contributed by atoms with van der Waals surface area (Å²) in [5, 5.41) is 3.51. The fourth-order valence-electron chi connectivity index (χ4n) is 1.52. The van der Waals surface area contributed by atoms with E-state index in [2.05, 4.69) is 50.0 Å². The minimum Gasteiger partial charge on any atom is -0.304 e. The topological polar surface area (TPSA) is 12.0 Å². The lowest BCUT2D eigenvalue weighted by Crippen LogP contribution is -2.28. The van der Waals surface area contributed by atoms with Crippen LogP contribution in [0.1, 0.15) is 31.9 Å². The molecule has 1 aromatic rings. The zero-order chi connectivity index (χ0) is 10.4. The SMILES string of the molecule is C=CC(C)NC(CC)c1ccccc1. The van der Waals surface area contributed by atoms with Crippen molar-refractivity contribution in [3.05, 3.63) is 48.6 Å². The van der Waals surface area contributed by atoms with Gasteiger partial charge in [0.25, 0.3) is 0 Å². The molecule has 0 spiro atoms. The summed E-state index contributed by atoms with van der Waals surface area (Å²) in [7, 11) is 0. The first-order chi connectivity index (χ1) is 6.77. The zero-order valence-corrected chi connectivity index (χ0v) is 9.03. The van der Waals surface area contributed by atoms with Crippen molar-refractivity contribution in [1.29, 1.82) is 0 Å². The van der Waals surface area contributed by atoms with Crippen molar-refractivity contribution >= 4 is 0 Å². The van der Waals surface area contributed by atoms with Gasteiger partial charge in [0.1, 0.15) is 0 Å². The summed E-state index contributed by atoms with van der Waals surface area (Å²) in [6.45, 7) is 8.10. The molecule has 0 amide bonds. The van der Waals surface area contributed by atoms with E-state index in [-0.39, 0.29) is 0 Å². The molecule has 0 heterocycles. The van der Waals surface area contributed by atoms with E-state index in [4.69, 9.17) is 0 Å². The number of hydrogen-bond acceptors (Lipinski definition) is 1. The Kier molecular flexibility index (Phi) is 4.41. The van der Waals surface area contributed by atoms with Gasteiger partial charge in [-0.3, -0.25) is 0 Å². The van der Waals surface area contributed by atoms with E-state index in [1.165, 1.54) is 5.56 Å². The minimum absolute atomic E-state index is 0.361. The Bertz CT molecular complexity index is 266. The summed E-state index contributed by atoms with van der Waals surface area (Å²) < 4.78 is 0. The van der Waals surface area contributed by atoms with Crippen LogP contribution in [0.15, 0.2) is 43.0 Å². The highest BCUT2D eigenvalue weighted by Crippen LogP contribution is 2.16. The highest BCUT2D eigenvalue weighted by Gasteiger charge is 2.09. The Balaban J connectivity index is 2.67. The van der Waals surface area contributed by atoms with E-state index in [1.54, 1.807) is 0 Å². The van der Waals surface area contributed by atoms with Crippen molar-refractivity contribution in [3.63, 3.8) is 0 Å². The van der Waals surface area contributed by atoms with E-state index < -0.39 is 0 Å². The Labute approximate surface area is 86.8 Å². The van der Waals surface area contributed by atoms with Gasteiger partial charge in [0.15, 0.2) is 0 Å². The van der Waals surface area contributed by atoms with Crippen molar-refractivity contribution in [2.24, 2.45) is 0 Å². The first-order valence-corrected chi connectivity index (χ1v) is 5.21. The summed E-state index contributed by atoms with van der Waals surface area (Å²) in [5.74, 6) is 0. The van der Waals surface area contributed by atoms with Crippen LogP contribution in [0, 0.1) is 0 Å². The zero-order valence-electron chi connectivity index (χ0n) is 9.03. The molecule has 1 N–H and O–H groups in total. The normalized spacial score (nSPS) is 14.7. The van der Waals surface area contributed by atoms with Gasteiger partial charge in [-0.15, -0.1) is 6.58 Å². The van der Waals surface area contributed by atoms with Crippen LogP contribution in [-0.2, 0) is 0 Å². The van der Waals surface area contributed by atoms with Crippen LogP contribution >= 0.6 is 0 Å². The standard InChI is InChI=1S/C13H19N/c1-4-11(3)14-13(5-2)12-9-7-6-8-10-12/h4,6-11,13-14H,1,5H2,2-3H3. The lowest BCUT2D eigenvalue weighted by Gasteiger charge is -2.20. The molecule has 0 aliphatic heterocycles. The molecule has 0 fully saturated rings. The average molecular weight is 189 g/mol. The molecule has 2 atom stereocenters. The van der Waals surface area contributed by atoms with Crippen molar-refractivity contribution in [1.82, 2.24) is 5.32 Å². The Hall–Kier alpha value is -1.08. The van der Waals surface area contributed by atoms with Crippen LogP contribution in [-0.4, -0.2) is 6.04 Å². The number of rotatable bonds is 5. The Morgan fingerprint density at radius 2 is 2.00 bits per heavy atom. The maximum atomic E-state index is 3.78. The van der Waals surface area contributed by atoms with Gasteiger partial charge in [-0.2, -0.15) is 0 Å². The predicted molar refractivity (Wildman–Crippen MR) is 62.3 cm³/mol. The highest BCUT2D eigenvalue weighted by molar-refractivity contribution is 5.19. The first kappa shape index (κ1) is 11.0. The van der Waals surface area contributed by atoms with Crippen LogP contribution in [0.5, 0.6) is 0 Å². The Morgan fingerprint density at radius 3 is 2.50 bits per heavy atom. The summed E-state index contributed by atoms with van der Waals surface area (Å²) in [6, 6.07) is 11.3. The van der Waals surface area contributed by atoms with Gasteiger partial charge in [-0.1, -0.05) is 43.3 Å². The second-order valence-electron chi connectivity index (χ2n) is 3.56. The van der Waals surface area contributed by atoms with E-state index in [0.717, 1.165) is 6.42 Å². The minimum atomic E-state index is 0.361. The third kappa shape index (κ3) is 3.00. The maximum Gasteiger partial charge on any atom is 0.0322 e. The molecule has 0 radical (unpaired) electrons. The molecule has 14 heavy (non-hydrogen) atoms. The molecule has 1 rings (SSSR count). The maximum absolute atomic E-state index is 3.78.